The normalized spacial score (nSPS) is 10.9. The van der Waals surface area contributed by atoms with E-state index in [4.69, 9.17) is 0 Å². The topological polar surface area (TPSA) is 64.0 Å². The number of nitrogens with one attached hydrogen (secondary N) is 1. The number of hydrogen-bond donors (Lipinski definition) is 1. The van der Waals surface area contributed by atoms with E-state index in [9.17, 15) is 9.59 Å². The molecule has 0 radical (unpaired) electrons. The van der Waals surface area contributed by atoms with Crippen molar-refractivity contribution in [2.45, 2.75) is 6.54 Å². The van der Waals surface area contributed by atoms with Crippen LogP contribution in [0.5, 0.6) is 0 Å². The molecule has 1 amide bonds. The number of aromatic nitrogens is 2. The van der Waals surface area contributed by atoms with Crippen molar-refractivity contribution in [2.24, 2.45) is 0 Å². The maximum atomic E-state index is 12.8. The highest BCUT2D eigenvalue weighted by molar-refractivity contribution is 7.18. The summed E-state index contributed by atoms with van der Waals surface area (Å²) in [5, 5.41) is 7.27. The molecule has 0 aliphatic carbocycles. The number of thiophene rings is 2. The zero-order valence-electron chi connectivity index (χ0n) is 13.0. The Hall–Kier alpha value is -2.77. The number of amides is 1. The minimum absolute atomic E-state index is 0.0730. The van der Waals surface area contributed by atoms with Crippen LogP contribution >= 0.6 is 22.7 Å². The van der Waals surface area contributed by atoms with Crippen LogP contribution in [0.3, 0.4) is 0 Å². The molecule has 4 aromatic rings. The number of para-hydroxylation sites is 1. The van der Waals surface area contributed by atoms with Gasteiger partial charge in [-0.25, -0.2) is 4.98 Å². The predicted molar refractivity (Wildman–Crippen MR) is 102 cm³/mol. The van der Waals surface area contributed by atoms with Gasteiger partial charge in [-0.15, -0.1) is 22.7 Å². The molecule has 7 heteroatoms. The van der Waals surface area contributed by atoms with E-state index in [0.717, 1.165) is 10.4 Å². The van der Waals surface area contributed by atoms with Crippen molar-refractivity contribution in [1.82, 2.24) is 9.55 Å². The van der Waals surface area contributed by atoms with E-state index in [2.05, 4.69) is 10.3 Å². The molecule has 4 rings (SSSR count). The quantitative estimate of drug-likeness (QED) is 0.596. The van der Waals surface area contributed by atoms with E-state index < -0.39 is 0 Å². The van der Waals surface area contributed by atoms with Gasteiger partial charge in [0.1, 0.15) is 11.4 Å². The zero-order chi connectivity index (χ0) is 17.2. The molecule has 124 valence electrons. The fourth-order valence-corrected chi connectivity index (χ4v) is 4.29. The molecule has 0 saturated heterocycles. The monoisotopic (exact) mass is 367 g/mol. The molecule has 0 spiro atoms. The summed E-state index contributed by atoms with van der Waals surface area (Å²) >= 11 is 3.02. The highest BCUT2D eigenvalue weighted by Crippen LogP contribution is 2.33. The molecule has 0 saturated carbocycles. The van der Waals surface area contributed by atoms with Gasteiger partial charge in [0.25, 0.3) is 5.56 Å². The molecule has 0 unspecified atom stereocenters. The van der Waals surface area contributed by atoms with E-state index in [1.54, 1.807) is 23.5 Å². The molecule has 1 aromatic carbocycles. The Kier molecular flexibility index (Phi) is 4.17. The number of rotatable bonds is 4. The Morgan fingerprint density at radius 1 is 1.12 bits per heavy atom. The molecular weight excluding hydrogens is 354 g/mol. The van der Waals surface area contributed by atoms with Gasteiger partial charge in [-0.3, -0.25) is 14.2 Å². The number of benzene rings is 1. The number of carbonyl (C=O) groups is 1. The lowest BCUT2D eigenvalue weighted by molar-refractivity contribution is -0.116. The van der Waals surface area contributed by atoms with Gasteiger partial charge < -0.3 is 5.32 Å². The summed E-state index contributed by atoms with van der Waals surface area (Å²) in [6.45, 7) is -0.0730. The lowest BCUT2D eigenvalue weighted by atomic mass is 10.2. The van der Waals surface area contributed by atoms with Crippen LogP contribution in [0.4, 0.5) is 5.69 Å². The average Bonchev–Trinajstić information content (AvgIpc) is 3.27. The van der Waals surface area contributed by atoms with Gasteiger partial charge in [0.2, 0.25) is 5.91 Å². The molecule has 5 nitrogen and oxygen atoms in total. The molecule has 0 bridgehead atoms. The lowest BCUT2D eigenvalue weighted by Crippen LogP contribution is -2.27. The number of fused-ring (bicyclic) bond motifs is 1. The summed E-state index contributed by atoms with van der Waals surface area (Å²) in [6.07, 6.45) is 1.43. The first-order valence-corrected chi connectivity index (χ1v) is 9.34. The number of hydrogen-bond acceptors (Lipinski definition) is 5. The highest BCUT2D eigenvalue weighted by Gasteiger charge is 2.15. The van der Waals surface area contributed by atoms with Crippen LogP contribution in [0.25, 0.3) is 20.7 Å². The Morgan fingerprint density at radius 3 is 2.72 bits per heavy atom. The minimum Gasteiger partial charge on any atom is -0.325 e. The van der Waals surface area contributed by atoms with Crippen LogP contribution in [0.1, 0.15) is 0 Å². The molecule has 0 fully saturated rings. The van der Waals surface area contributed by atoms with Gasteiger partial charge >= 0.3 is 0 Å². The highest BCUT2D eigenvalue weighted by atomic mass is 32.1. The molecule has 3 aromatic heterocycles. The largest absolute Gasteiger partial charge is 0.325 e. The molecule has 0 aliphatic heterocycles. The fraction of sp³-hybridized carbons (Fsp3) is 0.0556. The summed E-state index contributed by atoms with van der Waals surface area (Å²) in [5.74, 6) is -0.262. The number of nitrogens with zero attached hydrogens (tertiary/aromatic N) is 2. The third-order valence-electron chi connectivity index (χ3n) is 3.72. The van der Waals surface area contributed by atoms with Crippen LogP contribution < -0.4 is 10.9 Å². The van der Waals surface area contributed by atoms with Crippen molar-refractivity contribution < 1.29 is 4.79 Å². The Balaban J connectivity index is 1.66. The summed E-state index contributed by atoms with van der Waals surface area (Å²) in [5.41, 5.74) is 1.38. The second kappa shape index (κ2) is 6.62. The predicted octanol–water partition coefficient (Wildman–Crippen LogP) is 3.83. The van der Waals surface area contributed by atoms with Gasteiger partial charge in [0.05, 0.1) is 11.7 Å². The van der Waals surface area contributed by atoms with Gasteiger partial charge in [-0.2, -0.15) is 0 Å². The van der Waals surface area contributed by atoms with Crippen LogP contribution in [0, 0.1) is 0 Å². The van der Waals surface area contributed by atoms with Crippen molar-refractivity contribution in [3.63, 3.8) is 0 Å². The Morgan fingerprint density at radius 2 is 1.96 bits per heavy atom. The molecule has 1 N–H and O–H groups in total. The third kappa shape index (κ3) is 3.11. The maximum Gasteiger partial charge on any atom is 0.263 e. The summed E-state index contributed by atoms with van der Waals surface area (Å²) < 4.78 is 1.35. The van der Waals surface area contributed by atoms with Crippen molar-refractivity contribution in [3.8, 4) is 10.4 Å². The molecule has 25 heavy (non-hydrogen) atoms. The van der Waals surface area contributed by atoms with Gasteiger partial charge in [0.15, 0.2) is 0 Å². The molecule has 3 heterocycles. The van der Waals surface area contributed by atoms with Crippen molar-refractivity contribution in [1.29, 1.82) is 0 Å². The van der Waals surface area contributed by atoms with Crippen LogP contribution in [0.15, 0.2) is 64.3 Å². The number of anilines is 1. The molecular formula is C18H13N3O2S2. The van der Waals surface area contributed by atoms with Crippen LogP contribution in [-0.2, 0) is 11.3 Å². The van der Waals surface area contributed by atoms with Crippen molar-refractivity contribution in [2.75, 3.05) is 5.32 Å². The molecule has 0 atom stereocenters. The van der Waals surface area contributed by atoms with Crippen LogP contribution in [-0.4, -0.2) is 15.5 Å². The lowest BCUT2D eigenvalue weighted by Gasteiger charge is -2.07. The molecule has 0 aliphatic rings. The number of carbonyl (C=O) groups excluding carboxylic acids is 1. The summed E-state index contributed by atoms with van der Waals surface area (Å²) in [6, 6.07) is 13.1. The van der Waals surface area contributed by atoms with E-state index in [1.165, 1.54) is 22.2 Å². The second-order valence-electron chi connectivity index (χ2n) is 5.40. The summed E-state index contributed by atoms with van der Waals surface area (Å²) in [4.78, 5) is 31.1. The zero-order valence-corrected chi connectivity index (χ0v) is 14.6. The van der Waals surface area contributed by atoms with E-state index in [-0.39, 0.29) is 18.0 Å². The second-order valence-corrected chi connectivity index (χ2v) is 7.20. The maximum absolute atomic E-state index is 12.8. The van der Waals surface area contributed by atoms with Gasteiger partial charge in [-0.1, -0.05) is 24.3 Å². The van der Waals surface area contributed by atoms with Crippen molar-refractivity contribution >= 4 is 44.5 Å². The van der Waals surface area contributed by atoms with E-state index in [1.807, 2.05) is 41.1 Å². The fourth-order valence-electron chi connectivity index (χ4n) is 2.57. The van der Waals surface area contributed by atoms with E-state index >= 15 is 0 Å². The third-order valence-corrected chi connectivity index (χ3v) is 5.51. The smallest absolute Gasteiger partial charge is 0.263 e. The first-order chi connectivity index (χ1) is 12.2. The average molecular weight is 367 g/mol. The van der Waals surface area contributed by atoms with E-state index in [0.29, 0.717) is 15.9 Å². The summed E-state index contributed by atoms with van der Waals surface area (Å²) in [7, 11) is 0. The van der Waals surface area contributed by atoms with Crippen molar-refractivity contribution in [3.05, 3.63) is 69.9 Å². The first-order valence-electron chi connectivity index (χ1n) is 7.58. The van der Waals surface area contributed by atoms with Gasteiger partial charge in [-0.05, 0) is 23.6 Å². The Labute approximate surface area is 151 Å². The Bertz CT molecular complexity index is 1080. The standard InChI is InChI=1S/C18H13N3O2S2/c22-15(20-12-5-2-1-3-6-12)9-21-11-19-17-16(18(21)23)13(10-25-17)14-7-4-8-24-14/h1-8,10-11H,9H2,(H,20,22). The van der Waals surface area contributed by atoms with Crippen LogP contribution in [0.2, 0.25) is 0 Å². The first kappa shape index (κ1) is 15.7. The minimum atomic E-state index is -0.262. The van der Waals surface area contributed by atoms with Gasteiger partial charge in [0, 0.05) is 21.5 Å². The SMILES string of the molecule is O=C(Cn1cnc2scc(-c3cccs3)c2c1=O)Nc1ccccc1.